The van der Waals surface area contributed by atoms with E-state index in [0.717, 1.165) is 6.42 Å². The number of nitrogens with zero attached hydrogens (tertiary/aromatic N) is 1. The fourth-order valence-corrected chi connectivity index (χ4v) is 5.39. The van der Waals surface area contributed by atoms with Gasteiger partial charge in [-0.3, -0.25) is 19.3 Å². The summed E-state index contributed by atoms with van der Waals surface area (Å²) in [5.41, 5.74) is 2.37. The fraction of sp³-hybridized carbons (Fsp3) is 0.308. The van der Waals surface area contributed by atoms with Crippen LogP contribution < -0.4 is 15.0 Å². The molecule has 3 amide bonds. The average Bonchev–Trinajstić information content (AvgIpc) is 3.48. The monoisotopic (exact) mass is 460 g/mol. The van der Waals surface area contributed by atoms with Crippen LogP contribution in [-0.2, 0) is 19.1 Å². The van der Waals surface area contributed by atoms with Gasteiger partial charge in [-0.1, -0.05) is 17.7 Å². The highest BCUT2D eigenvalue weighted by molar-refractivity contribution is 6.23. The molecule has 5 rings (SSSR count). The van der Waals surface area contributed by atoms with Gasteiger partial charge in [0.1, 0.15) is 5.75 Å². The molecule has 1 aliphatic heterocycles. The lowest BCUT2D eigenvalue weighted by Crippen LogP contribution is -2.33. The minimum absolute atomic E-state index is 0.133. The number of nitrogens with one attached hydrogen (secondary N) is 1. The zero-order valence-electron chi connectivity index (χ0n) is 18.8. The highest BCUT2D eigenvalue weighted by Gasteiger charge is 2.60. The van der Waals surface area contributed by atoms with Crippen molar-refractivity contribution in [3.63, 3.8) is 0 Å². The zero-order valence-corrected chi connectivity index (χ0v) is 18.8. The lowest BCUT2D eigenvalue weighted by molar-refractivity contribution is -0.123. The van der Waals surface area contributed by atoms with Gasteiger partial charge in [-0.05, 0) is 61.6 Å². The lowest BCUT2D eigenvalue weighted by Gasteiger charge is -2.19. The van der Waals surface area contributed by atoms with Gasteiger partial charge in [-0.15, -0.1) is 0 Å². The molecule has 1 heterocycles. The molecule has 34 heavy (non-hydrogen) atoms. The third kappa shape index (κ3) is 3.65. The Morgan fingerprint density at radius 2 is 1.79 bits per heavy atom. The van der Waals surface area contributed by atoms with Gasteiger partial charge in [-0.2, -0.15) is 0 Å². The van der Waals surface area contributed by atoms with E-state index in [9.17, 15) is 19.2 Å². The molecular formula is C26H24N2O6. The second-order valence-electron chi connectivity index (χ2n) is 8.88. The number of anilines is 2. The summed E-state index contributed by atoms with van der Waals surface area (Å²) < 4.78 is 10.2. The topological polar surface area (TPSA) is 102 Å². The minimum Gasteiger partial charge on any atom is -0.497 e. The maximum absolute atomic E-state index is 13.1. The Kier molecular flexibility index (Phi) is 5.43. The van der Waals surface area contributed by atoms with E-state index in [1.165, 1.54) is 29.7 Å². The number of benzene rings is 2. The molecular weight excluding hydrogens is 436 g/mol. The number of rotatable bonds is 6. The van der Waals surface area contributed by atoms with E-state index in [2.05, 4.69) is 11.4 Å². The van der Waals surface area contributed by atoms with Crippen LogP contribution in [0.5, 0.6) is 5.75 Å². The first kappa shape index (κ1) is 21.9. The Labute approximate surface area is 196 Å². The molecule has 4 atom stereocenters. The summed E-state index contributed by atoms with van der Waals surface area (Å²) in [7, 11) is 1.52. The molecule has 1 N–H and O–H groups in total. The van der Waals surface area contributed by atoms with Crippen molar-refractivity contribution in [2.75, 3.05) is 23.9 Å². The van der Waals surface area contributed by atoms with Crippen LogP contribution in [0.1, 0.15) is 23.7 Å². The molecule has 2 aliphatic carbocycles. The summed E-state index contributed by atoms with van der Waals surface area (Å²) in [5, 5.41) is 2.63. The van der Waals surface area contributed by atoms with Gasteiger partial charge in [0.2, 0.25) is 11.8 Å². The van der Waals surface area contributed by atoms with Gasteiger partial charge in [0.25, 0.3) is 5.91 Å². The van der Waals surface area contributed by atoms with Crippen molar-refractivity contribution in [1.82, 2.24) is 0 Å². The maximum atomic E-state index is 13.1. The van der Waals surface area contributed by atoms with Crippen LogP contribution in [0.4, 0.5) is 11.4 Å². The summed E-state index contributed by atoms with van der Waals surface area (Å²) in [6.07, 6.45) is 3.01. The van der Waals surface area contributed by atoms with Crippen molar-refractivity contribution in [1.29, 1.82) is 0 Å². The van der Waals surface area contributed by atoms with E-state index < -0.39 is 18.5 Å². The SMILES string of the molecule is COc1cccc(NC(=O)COC(=O)c2ccc(N3C(=O)[C@H]4[C@H](C3=O)[C@H]3C=C(C)[C@H]4C3)cc2)c1. The predicted octanol–water partition coefficient (Wildman–Crippen LogP) is 3.19. The summed E-state index contributed by atoms with van der Waals surface area (Å²) in [6.45, 7) is 1.57. The Balaban J connectivity index is 1.20. The van der Waals surface area contributed by atoms with Crippen molar-refractivity contribution in [3.05, 3.63) is 65.7 Å². The smallest absolute Gasteiger partial charge is 0.338 e. The van der Waals surface area contributed by atoms with E-state index in [1.807, 2.05) is 6.92 Å². The fourth-order valence-electron chi connectivity index (χ4n) is 5.39. The van der Waals surface area contributed by atoms with Gasteiger partial charge >= 0.3 is 5.97 Å². The molecule has 8 heteroatoms. The van der Waals surface area contributed by atoms with Crippen molar-refractivity contribution >= 4 is 35.1 Å². The van der Waals surface area contributed by atoms with E-state index in [1.54, 1.807) is 36.4 Å². The van der Waals surface area contributed by atoms with Crippen LogP contribution in [0.15, 0.2) is 60.2 Å². The molecule has 3 aliphatic rings. The number of hydrogen-bond acceptors (Lipinski definition) is 6. The number of methoxy groups -OCH3 is 1. The van der Waals surface area contributed by atoms with Crippen molar-refractivity contribution in [2.45, 2.75) is 13.3 Å². The second kappa shape index (κ2) is 8.44. The number of hydrogen-bond donors (Lipinski definition) is 1. The lowest BCUT2D eigenvalue weighted by atomic mass is 9.82. The zero-order chi connectivity index (χ0) is 24.0. The largest absolute Gasteiger partial charge is 0.497 e. The molecule has 0 unspecified atom stereocenters. The van der Waals surface area contributed by atoms with Crippen molar-refractivity contribution < 1.29 is 28.7 Å². The molecule has 2 bridgehead atoms. The maximum Gasteiger partial charge on any atom is 0.338 e. The normalized spacial score (nSPS) is 24.6. The Morgan fingerprint density at radius 1 is 1.06 bits per heavy atom. The quantitative estimate of drug-likeness (QED) is 0.404. The Hall–Kier alpha value is -3.94. The molecule has 174 valence electrons. The van der Waals surface area contributed by atoms with Crippen molar-refractivity contribution in [2.24, 2.45) is 23.7 Å². The Bertz CT molecular complexity index is 1220. The predicted molar refractivity (Wildman–Crippen MR) is 123 cm³/mol. The molecule has 0 radical (unpaired) electrons. The number of imide groups is 1. The third-order valence-corrected chi connectivity index (χ3v) is 6.93. The van der Waals surface area contributed by atoms with Gasteiger partial charge in [0.05, 0.1) is 30.2 Å². The van der Waals surface area contributed by atoms with E-state index in [4.69, 9.17) is 9.47 Å². The summed E-state index contributed by atoms with van der Waals surface area (Å²) in [5.74, 6) is -1.20. The first-order valence-electron chi connectivity index (χ1n) is 11.1. The molecule has 1 saturated heterocycles. The summed E-state index contributed by atoms with van der Waals surface area (Å²) in [6, 6.07) is 12.9. The van der Waals surface area contributed by atoms with E-state index >= 15 is 0 Å². The molecule has 1 saturated carbocycles. The van der Waals surface area contributed by atoms with Crippen LogP contribution >= 0.6 is 0 Å². The van der Waals surface area contributed by atoms with E-state index in [-0.39, 0.29) is 41.0 Å². The van der Waals surface area contributed by atoms with Crippen LogP contribution in [-0.4, -0.2) is 37.4 Å². The van der Waals surface area contributed by atoms with Gasteiger partial charge in [-0.25, -0.2) is 4.79 Å². The highest BCUT2D eigenvalue weighted by atomic mass is 16.5. The van der Waals surface area contributed by atoms with Crippen LogP contribution in [0, 0.1) is 23.7 Å². The van der Waals surface area contributed by atoms with Crippen LogP contribution in [0.25, 0.3) is 0 Å². The molecule has 2 aromatic carbocycles. The molecule has 0 aromatic heterocycles. The number of esters is 1. The number of allylic oxidation sites excluding steroid dienone is 2. The molecule has 8 nitrogen and oxygen atoms in total. The van der Waals surface area contributed by atoms with Gasteiger partial charge in [0.15, 0.2) is 6.61 Å². The standard InChI is InChI=1S/C26H24N2O6/c1-14-10-16-11-20(14)23-22(16)24(30)28(25(23)31)18-8-6-15(7-9-18)26(32)34-13-21(29)27-17-4-3-5-19(12-17)33-2/h3-10,12,16,20,22-23H,11,13H2,1-2H3,(H,27,29)/t16-,20+,22+,23+/m0/s1. The highest BCUT2D eigenvalue weighted by Crippen LogP contribution is 2.55. The van der Waals surface area contributed by atoms with Crippen LogP contribution in [0.3, 0.4) is 0 Å². The van der Waals surface area contributed by atoms with E-state index in [0.29, 0.717) is 17.1 Å². The number of carbonyl (C=O) groups is 4. The third-order valence-electron chi connectivity index (χ3n) is 6.93. The number of ether oxygens (including phenoxy) is 2. The van der Waals surface area contributed by atoms with Crippen molar-refractivity contribution in [3.8, 4) is 5.75 Å². The average molecular weight is 460 g/mol. The second-order valence-corrected chi connectivity index (χ2v) is 8.88. The van der Waals surface area contributed by atoms with Gasteiger partial charge in [0, 0.05) is 11.8 Å². The molecule has 2 fully saturated rings. The number of amides is 3. The molecule has 2 aromatic rings. The first-order chi connectivity index (χ1) is 16.4. The van der Waals surface area contributed by atoms with Gasteiger partial charge < -0.3 is 14.8 Å². The Morgan fingerprint density at radius 3 is 2.53 bits per heavy atom. The summed E-state index contributed by atoms with van der Waals surface area (Å²) >= 11 is 0. The minimum atomic E-state index is -0.679. The summed E-state index contributed by atoms with van der Waals surface area (Å²) in [4.78, 5) is 51.8. The number of fused-ring (bicyclic) bond motifs is 5. The molecule has 0 spiro atoms. The number of carbonyl (C=O) groups excluding carboxylic acids is 4. The van der Waals surface area contributed by atoms with Crippen LogP contribution in [0.2, 0.25) is 0 Å². The first-order valence-corrected chi connectivity index (χ1v) is 11.1.